The number of rotatable bonds is 8. The Kier molecular flexibility index (Phi) is 11.0. The molecule has 2 heterocycles. The van der Waals surface area contributed by atoms with E-state index < -0.39 is 22.2 Å². The van der Waals surface area contributed by atoms with Gasteiger partial charge in [-0.25, -0.2) is 9.13 Å². The molecular weight excluding hydrogens is 1100 g/mol. The highest BCUT2D eigenvalue weighted by atomic mass is 16.2. The zero-order chi connectivity index (χ0) is 61.7. The fourth-order valence-electron chi connectivity index (χ4n) is 16.2. The summed E-state index contributed by atoms with van der Waals surface area (Å²) >= 11 is 0. The predicted octanol–water partition coefficient (Wildman–Crippen LogP) is 18.1. The quantitative estimate of drug-likeness (QED) is 0.151. The zero-order valence-electron chi connectivity index (χ0n) is 51.4. The molecule has 0 atom stereocenters. The summed E-state index contributed by atoms with van der Waals surface area (Å²) in [7, 11) is 0. The minimum atomic E-state index is -0.566. The molecular formula is C82H62N4O4. The fraction of sp³-hybridized carbons (Fsp3) is 0.146. The minimum Gasteiger partial charge on any atom is -0.310 e. The van der Waals surface area contributed by atoms with Crippen molar-refractivity contribution in [2.75, 3.05) is 9.80 Å². The maximum Gasteiger partial charge on any atom is 0.266 e. The van der Waals surface area contributed by atoms with Gasteiger partial charge in [-0.15, -0.1) is 0 Å². The van der Waals surface area contributed by atoms with E-state index in [1.54, 1.807) is 24.3 Å². The van der Waals surface area contributed by atoms with Crippen LogP contribution in [0, 0.1) is 0 Å². The van der Waals surface area contributed by atoms with Gasteiger partial charge in [0.15, 0.2) is 0 Å². The van der Waals surface area contributed by atoms with Gasteiger partial charge in [-0.3, -0.25) is 19.2 Å². The van der Waals surface area contributed by atoms with Gasteiger partial charge in [0.1, 0.15) is 0 Å². The van der Waals surface area contributed by atoms with Crippen molar-refractivity contribution in [1.82, 2.24) is 9.13 Å². The third kappa shape index (κ3) is 7.24. The highest BCUT2D eigenvalue weighted by Crippen LogP contribution is 2.56. The Morgan fingerprint density at radius 3 is 0.689 bits per heavy atom. The largest absolute Gasteiger partial charge is 0.310 e. The summed E-state index contributed by atoms with van der Waals surface area (Å²) in [6.07, 6.45) is 0. The summed E-state index contributed by atoms with van der Waals surface area (Å²) in [5.41, 5.74) is 23.1. The molecule has 4 aliphatic rings. The first-order chi connectivity index (χ1) is 43.3. The van der Waals surface area contributed by atoms with Gasteiger partial charge >= 0.3 is 0 Å². The van der Waals surface area contributed by atoms with E-state index in [2.05, 4.69) is 235 Å². The molecule has 0 amide bonds. The van der Waals surface area contributed by atoms with E-state index in [-0.39, 0.29) is 43.2 Å². The van der Waals surface area contributed by atoms with Gasteiger partial charge in [-0.05, 0) is 198 Å². The molecule has 0 bridgehead atoms. The van der Waals surface area contributed by atoms with E-state index in [4.69, 9.17) is 0 Å². The van der Waals surface area contributed by atoms with Gasteiger partial charge in [0.25, 0.3) is 22.2 Å². The van der Waals surface area contributed by atoms with Crippen LogP contribution in [0.1, 0.15) is 99.9 Å². The lowest BCUT2D eigenvalue weighted by Gasteiger charge is -2.30. The van der Waals surface area contributed by atoms with E-state index in [1.165, 1.54) is 101 Å². The molecule has 0 saturated carbocycles. The number of anilines is 6. The zero-order valence-corrected chi connectivity index (χ0v) is 51.4. The SMILES string of the molecule is CC1(C)c2ccccc2-c2ccc(N(c3ccc(-n4c(=O)c5cc6c(=O)n(-c7ccc(N(c8ccc9c(c8)C(C)(C)c8ccccc8-9)c8ccc9c(c8)C(C)(C)c8ccccc8-9)cc7)c(=O)c6cc5c4=O)cc3)c3ccc4c(c3)C(C)(C)c3ccccc3-4)cc21. The van der Waals surface area contributed by atoms with Crippen LogP contribution in [0.5, 0.6) is 0 Å². The molecule has 0 fully saturated rings. The van der Waals surface area contributed by atoms with Gasteiger partial charge in [0.2, 0.25) is 0 Å². The van der Waals surface area contributed by atoms with Gasteiger partial charge in [0.05, 0.1) is 32.9 Å². The molecule has 90 heavy (non-hydrogen) atoms. The maximum absolute atomic E-state index is 14.7. The number of nitrogens with zero attached hydrogens (tertiary/aromatic N) is 4. The Hall–Kier alpha value is -10.7. The first-order valence-corrected chi connectivity index (χ1v) is 31.1. The first kappa shape index (κ1) is 53.5. The number of hydrogen-bond donors (Lipinski definition) is 0. The Balaban J connectivity index is 0.731. The topological polar surface area (TPSA) is 84.6 Å². The molecule has 2 aromatic heterocycles. The van der Waals surface area contributed by atoms with Crippen LogP contribution in [0.2, 0.25) is 0 Å². The summed E-state index contributed by atoms with van der Waals surface area (Å²) in [4.78, 5) is 63.1. The van der Waals surface area contributed by atoms with Crippen LogP contribution >= 0.6 is 0 Å². The molecule has 11 aromatic carbocycles. The minimum absolute atomic E-state index is 0.0724. The van der Waals surface area contributed by atoms with Crippen LogP contribution < -0.4 is 32.0 Å². The normalized spacial score (nSPS) is 15.2. The molecule has 0 N–H and O–H groups in total. The second-order valence-electron chi connectivity index (χ2n) is 27.1. The summed E-state index contributed by atoms with van der Waals surface area (Å²) in [5, 5.41) is 0.290. The molecule has 8 nitrogen and oxygen atoms in total. The highest BCUT2D eigenvalue weighted by molar-refractivity contribution is 5.99. The summed E-state index contributed by atoms with van der Waals surface area (Å²) in [5.74, 6) is 0. The molecule has 0 radical (unpaired) electrons. The number of fused-ring (bicyclic) bond motifs is 14. The number of aromatic nitrogens is 2. The Labute approximate surface area is 521 Å². The van der Waals surface area contributed by atoms with Crippen molar-refractivity contribution in [3.05, 3.63) is 316 Å². The van der Waals surface area contributed by atoms with Gasteiger partial charge in [0, 0.05) is 55.8 Å². The Bertz CT molecular complexity index is 4900. The lowest BCUT2D eigenvalue weighted by molar-refractivity contribution is 0.659. The summed E-state index contributed by atoms with van der Waals surface area (Å²) in [6.45, 7) is 18.3. The van der Waals surface area contributed by atoms with E-state index in [9.17, 15) is 19.2 Å². The van der Waals surface area contributed by atoms with Crippen molar-refractivity contribution in [2.45, 2.75) is 77.0 Å². The highest BCUT2D eigenvalue weighted by Gasteiger charge is 2.40. The second-order valence-corrected chi connectivity index (χ2v) is 27.1. The maximum atomic E-state index is 14.7. The molecule has 17 rings (SSSR count). The van der Waals surface area contributed by atoms with Crippen LogP contribution in [0.25, 0.3) is 77.4 Å². The van der Waals surface area contributed by atoms with Crippen LogP contribution in [0.3, 0.4) is 0 Å². The van der Waals surface area contributed by atoms with Crippen LogP contribution in [0.15, 0.2) is 250 Å². The van der Waals surface area contributed by atoms with Crippen molar-refractivity contribution in [3.63, 3.8) is 0 Å². The molecule has 434 valence electrons. The lowest BCUT2D eigenvalue weighted by Crippen LogP contribution is -2.24. The summed E-state index contributed by atoms with van der Waals surface area (Å²) < 4.78 is 2.30. The third-order valence-corrected chi connectivity index (χ3v) is 20.9. The fourth-order valence-corrected chi connectivity index (χ4v) is 16.2. The second kappa shape index (κ2) is 18.4. The molecule has 8 heteroatoms. The van der Waals surface area contributed by atoms with Crippen LogP contribution in [0.4, 0.5) is 34.1 Å². The van der Waals surface area contributed by atoms with E-state index in [1.807, 2.05) is 24.3 Å². The molecule has 0 unspecified atom stereocenters. The van der Waals surface area contributed by atoms with Gasteiger partial charge in [-0.1, -0.05) is 177 Å². The van der Waals surface area contributed by atoms with Gasteiger partial charge in [-0.2, -0.15) is 0 Å². The molecule has 13 aromatic rings. The van der Waals surface area contributed by atoms with Crippen LogP contribution in [-0.2, 0) is 21.7 Å². The van der Waals surface area contributed by atoms with Crippen molar-refractivity contribution < 1.29 is 0 Å². The lowest BCUT2D eigenvalue weighted by atomic mass is 9.82. The predicted molar refractivity (Wildman–Crippen MR) is 367 cm³/mol. The van der Waals surface area contributed by atoms with Crippen molar-refractivity contribution in [1.29, 1.82) is 0 Å². The van der Waals surface area contributed by atoms with Gasteiger partial charge < -0.3 is 9.80 Å². The number of hydrogen-bond acceptors (Lipinski definition) is 6. The van der Waals surface area contributed by atoms with E-state index >= 15 is 0 Å². The number of benzene rings is 11. The standard InChI is InChI=1S/C82H62N4O4/c1-79(2)67-21-13-9-17-55(67)59-37-33-51(41-71(59)79)83(52-34-38-60-56-18-10-14-22-68(56)80(3,4)72(60)42-52)47-25-29-49(30-26-47)85-75(87)63-45-65-66(46-64(63)76(85)88)78(90)86(77(65)89)50-31-27-48(28-32-50)84(53-35-39-61-57-19-11-15-23-69(57)81(5,6)73(61)43-53)54-36-40-62-58-20-12-16-24-70(58)82(7,8)74(62)44-54/h9-46H,1-8H3. The van der Waals surface area contributed by atoms with Crippen molar-refractivity contribution in [2.24, 2.45) is 0 Å². The van der Waals surface area contributed by atoms with Crippen molar-refractivity contribution >= 4 is 55.7 Å². The van der Waals surface area contributed by atoms with Crippen molar-refractivity contribution in [3.8, 4) is 55.9 Å². The first-order valence-electron chi connectivity index (χ1n) is 31.1. The summed E-state index contributed by atoms with van der Waals surface area (Å²) in [6, 6.07) is 79.3. The molecule has 4 aliphatic carbocycles. The Morgan fingerprint density at radius 2 is 0.444 bits per heavy atom. The average molecular weight is 1170 g/mol. The molecule has 0 spiro atoms. The monoisotopic (exact) mass is 1170 g/mol. The third-order valence-electron chi connectivity index (χ3n) is 20.9. The van der Waals surface area contributed by atoms with E-state index in [0.29, 0.717) is 11.4 Å². The van der Waals surface area contributed by atoms with E-state index in [0.717, 1.165) is 43.3 Å². The smallest absolute Gasteiger partial charge is 0.266 e. The molecule has 0 aliphatic heterocycles. The molecule has 0 saturated heterocycles. The average Bonchev–Trinajstić information content (AvgIpc) is 1.66. The Morgan fingerprint density at radius 1 is 0.233 bits per heavy atom. The van der Waals surface area contributed by atoms with Crippen LogP contribution in [-0.4, -0.2) is 9.13 Å².